The predicted molar refractivity (Wildman–Crippen MR) is 145 cm³/mol. The highest BCUT2D eigenvalue weighted by molar-refractivity contribution is 6.31. The molecule has 1 amide bonds. The normalized spacial score (nSPS) is 14.8. The Morgan fingerprint density at radius 3 is 2.38 bits per heavy atom. The first-order valence-corrected chi connectivity index (χ1v) is 12.8. The Bertz CT molecular complexity index is 1380. The van der Waals surface area contributed by atoms with E-state index >= 15 is 0 Å². The number of nitrogens with one attached hydrogen (secondary N) is 1. The molecule has 4 aromatic rings. The Morgan fingerprint density at radius 1 is 1.00 bits per heavy atom. The lowest BCUT2D eigenvalue weighted by atomic mass is 9.95. The minimum Gasteiger partial charge on any atom is -0.497 e. The summed E-state index contributed by atoms with van der Waals surface area (Å²) in [6.07, 6.45) is 0.994. The number of H-pyrrole nitrogens is 1. The van der Waals surface area contributed by atoms with Crippen LogP contribution in [0.1, 0.15) is 53.5 Å². The van der Waals surface area contributed by atoms with E-state index in [9.17, 15) is 4.79 Å². The van der Waals surface area contributed by atoms with Crippen LogP contribution in [-0.2, 0) is 6.54 Å². The number of benzene rings is 3. The summed E-state index contributed by atoms with van der Waals surface area (Å²) in [5.74, 6) is 2.05. The monoisotopic (exact) mass is 515 g/mol. The van der Waals surface area contributed by atoms with Crippen molar-refractivity contribution in [2.24, 2.45) is 5.92 Å². The molecule has 0 bridgehead atoms. The first kappa shape index (κ1) is 24.9. The molecule has 1 aliphatic heterocycles. The minimum absolute atomic E-state index is 0.107. The third-order valence-corrected chi connectivity index (χ3v) is 7.05. The zero-order valence-electron chi connectivity index (χ0n) is 21.2. The van der Waals surface area contributed by atoms with Gasteiger partial charge in [-0.3, -0.25) is 9.89 Å². The summed E-state index contributed by atoms with van der Waals surface area (Å²) in [5, 5.41) is 8.20. The molecular weight excluding hydrogens is 486 g/mol. The second-order valence-corrected chi connectivity index (χ2v) is 10.0. The molecule has 1 unspecified atom stereocenters. The molecule has 1 atom stereocenters. The second-order valence-electron chi connectivity index (χ2n) is 9.62. The fourth-order valence-corrected chi connectivity index (χ4v) is 4.84. The Kier molecular flexibility index (Phi) is 7.19. The zero-order valence-corrected chi connectivity index (χ0v) is 22.0. The molecule has 1 aliphatic rings. The van der Waals surface area contributed by atoms with Crippen molar-refractivity contribution < 1.29 is 14.3 Å². The topological polar surface area (TPSA) is 67.5 Å². The number of methoxy groups -OCH3 is 1. The van der Waals surface area contributed by atoms with Gasteiger partial charge in [0.15, 0.2) is 0 Å². The molecule has 190 valence electrons. The number of ether oxygens (including phenoxy) is 2. The summed E-state index contributed by atoms with van der Waals surface area (Å²) in [6.45, 7) is 5.41. The molecule has 0 saturated heterocycles. The van der Waals surface area contributed by atoms with E-state index in [1.807, 2.05) is 77.7 Å². The Hall–Kier alpha value is -3.77. The first-order chi connectivity index (χ1) is 18.0. The molecule has 0 radical (unpaired) electrons. The molecule has 5 rings (SSSR count). The summed E-state index contributed by atoms with van der Waals surface area (Å²) in [6, 6.07) is 23.0. The summed E-state index contributed by atoms with van der Waals surface area (Å²) in [5.41, 5.74) is 4.88. The highest BCUT2D eigenvalue weighted by Gasteiger charge is 2.42. The van der Waals surface area contributed by atoms with Crippen LogP contribution in [0, 0.1) is 5.92 Å². The van der Waals surface area contributed by atoms with Gasteiger partial charge in [0.1, 0.15) is 17.2 Å². The van der Waals surface area contributed by atoms with E-state index in [-0.39, 0.29) is 11.9 Å². The largest absolute Gasteiger partial charge is 0.497 e. The van der Waals surface area contributed by atoms with Crippen LogP contribution in [0.3, 0.4) is 0 Å². The van der Waals surface area contributed by atoms with E-state index < -0.39 is 0 Å². The van der Waals surface area contributed by atoms with Gasteiger partial charge in [-0.1, -0.05) is 55.8 Å². The molecule has 6 nitrogen and oxygen atoms in total. The van der Waals surface area contributed by atoms with E-state index in [1.165, 1.54) is 0 Å². The van der Waals surface area contributed by atoms with Gasteiger partial charge in [-0.15, -0.1) is 0 Å². The molecule has 1 N–H and O–H groups in total. The van der Waals surface area contributed by atoms with Crippen LogP contribution in [0.15, 0.2) is 72.8 Å². The van der Waals surface area contributed by atoms with Crippen LogP contribution in [0.4, 0.5) is 0 Å². The van der Waals surface area contributed by atoms with Crippen molar-refractivity contribution in [3.05, 3.63) is 100 Å². The summed E-state index contributed by atoms with van der Waals surface area (Å²) < 4.78 is 11.3. The maximum atomic E-state index is 13.7. The number of hydrogen-bond donors (Lipinski definition) is 1. The van der Waals surface area contributed by atoms with Gasteiger partial charge in [0.05, 0.1) is 25.5 Å². The zero-order chi connectivity index (χ0) is 25.9. The number of aromatic amines is 1. The fourth-order valence-electron chi connectivity index (χ4n) is 4.64. The summed E-state index contributed by atoms with van der Waals surface area (Å²) in [7, 11) is 1.64. The summed E-state index contributed by atoms with van der Waals surface area (Å²) >= 11 is 6.49. The number of carbonyl (C=O) groups is 1. The van der Waals surface area contributed by atoms with Crippen molar-refractivity contribution in [3.8, 4) is 22.8 Å². The van der Waals surface area contributed by atoms with Crippen LogP contribution in [0.25, 0.3) is 11.3 Å². The van der Waals surface area contributed by atoms with Crippen molar-refractivity contribution in [1.29, 1.82) is 0 Å². The molecule has 1 aromatic heterocycles. The lowest BCUT2D eigenvalue weighted by molar-refractivity contribution is 0.0730. The second kappa shape index (κ2) is 10.7. The molecule has 37 heavy (non-hydrogen) atoms. The van der Waals surface area contributed by atoms with E-state index in [2.05, 4.69) is 24.0 Å². The SMILES string of the molecule is COc1ccc(-c2n[nH]c3c2C(c2ccc(OCCC(C)C)cc2)N(Cc2ccccc2Cl)C3=O)cc1. The average molecular weight is 516 g/mol. The highest BCUT2D eigenvalue weighted by atomic mass is 35.5. The summed E-state index contributed by atoms with van der Waals surface area (Å²) in [4.78, 5) is 15.5. The van der Waals surface area contributed by atoms with Crippen LogP contribution < -0.4 is 9.47 Å². The molecule has 0 fully saturated rings. The number of fused-ring (bicyclic) bond motifs is 1. The smallest absolute Gasteiger partial charge is 0.273 e. The molecule has 0 saturated carbocycles. The maximum absolute atomic E-state index is 13.7. The van der Waals surface area contributed by atoms with Crippen molar-refractivity contribution >= 4 is 17.5 Å². The molecular formula is C30H30ClN3O3. The van der Waals surface area contributed by atoms with Crippen molar-refractivity contribution in [3.63, 3.8) is 0 Å². The molecule has 0 aliphatic carbocycles. The van der Waals surface area contributed by atoms with Gasteiger partial charge in [0, 0.05) is 22.7 Å². The van der Waals surface area contributed by atoms with Gasteiger partial charge >= 0.3 is 0 Å². The van der Waals surface area contributed by atoms with Crippen LogP contribution in [0.5, 0.6) is 11.5 Å². The lowest BCUT2D eigenvalue weighted by Gasteiger charge is -2.27. The molecule has 7 heteroatoms. The number of halogens is 1. The number of carbonyl (C=O) groups excluding carboxylic acids is 1. The number of aromatic nitrogens is 2. The van der Waals surface area contributed by atoms with Crippen molar-refractivity contribution in [2.75, 3.05) is 13.7 Å². The lowest BCUT2D eigenvalue weighted by Crippen LogP contribution is -2.29. The fraction of sp³-hybridized carbons (Fsp3) is 0.267. The van der Waals surface area contributed by atoms with Crippen LogP contribution in [0.2, 0.25) is 5.02 Å². The number of rotatable bonds is 9. The van der Waals surface area contributed by atoms with Crippen LogP contribution >= 0.6 is 11.6 Å². The van der Waals surface area contributed by atoms with Crippen molar-refractivity contribution in [1.82, 2.24) is 15.1 Å². The third-order valence-electron chi connectivity index (χ3n) is 6.69. The average Bonchev–Trinajstić information content (AvgIpc) is 3.45. The van der Waals surface area contributed by atoms with Gasteiger partial charge in [-0.25, -0.2) is 0 Å². The Morgan fingerprint density at radius 2 is 1.70 bits per heavy atom. The van der Waals surface area contributed by atoms with E-state index in [4.69, 9.17) is 21.1 Å². The van der Waals surface area contributed by atoms with Gasteiger partial charge in [0.2, 0.25) is 0 Å². The molecule has 0 spiro atoms. The first-order valence-electron chi connectivity index (χ1n) is 12.5. The third kappa shape index (κ3) is 5.07. The van der Waals surface area contributed by atoms with Gasteiger partial charge in [-0.05, 0) is 65.9 Å². The van der Waals surface area contributed by atoms with Crippen molar-refractivity contribution in [2.45, 2.75) is 32.9 Å². The highest BCUT2D eigenvalue weighted by Crippen LogP contribution is 2.44. The molecule has 3 aromatic carbocycles. The van der Waals surface area contributed by atoms with E-state index in [0.29, 0.717) is 29.8 Å². The number of nitrogens with zero attached hydrogens (tertiary/aromatic N) is 2. The Balaban J connectivity index is 1.53. The number of amides is 1. The van der Waals surface area contributed by atoms with Gasteiger partial charge < -0.3 is 14.4 Å². The minimum atomic E-state index is -0.334. The van der Waals surface area contributed by atoms with Crippen LogP contribution in [-0.4, -0.2) is 34.7 Å². The number of hydrogen-bond acceptors (Lipinski definition) is 4. The maximum Gasteiger partial charge on any atom is 0.273 e. The predicted octanol–water partition coefficient (Wildman–Crippen LogP) is 6.91. The van der Waals surface area contributed by atoms with E-state index in [1.54, 1.807) is 7.11 Å². The van der Waals surface area contributed by atoms with Gasteiger partial charge in [-0.2, -0.15) is 5.10 Å². The van der Waals surface area contributed by atoms with E-state index in [0.717, 1.165) is 45.9 Å². The Labute approximate surface area is 222 Å². The quantitative estimate of drug-likeness (QED) is 0.263. The van der Waals surface area contributed by atoms with Gasteiger partial charge in [0.25, 0.3) is 5.91 Å². The molecule has 2 heterocycles. The standard InChI is InChI=1S/C30H30ClN3O3/c1-19(2)16-17-37-24-14-10-21(11-15-24)29-26-27(20-8-12-23(36-3)13-9-20)32-33-28(26)30(35)34(29)18-22-6-4-5-7-25(22)31/h4-15,19,29H,16-18H2,1-3H3,(H,32,33).